The summed E-state index contributed by atoms with van der Waals surface area (Å²) < 4.78 is 6.03. The predicted octanol–water partition coefficient (Wildman–Crippen LogP) is 3.33. The van der Waals surface area contributed by atoms with Crippen molar-refractivity contribution in [3.8, 4) is 0 Å². The van der Waals surface area contributed by atoms with E-state index in [0.717, 1.165) is 21.6 Å². The van der Waals surface area contributed by atoms with E-state index < -0.39 is 5.97 Å². The van der Waals surface area contributed by atoms with E-state index in [9.17, 15) is 9.59 Å². The molecule has 23 heavy (non-hydrogen) atoms. The molecule has 1 atom stereocenters. The summed E-state index contributed by atoms with van der Waals surface area (Å²) in [6, 6.07) is 7.69. The number of carbonyl (C=O) groups is 2. The smallest absolute Gasteiger partial charge is 0.330 e. The van der Waals surface area contributed by atoms with E-state index in [1.165, 1.54) is 6.08 Å². The van der Waals surface area contributed by atoms with Crippen LogP contribution in [0.25, 0.3) is 10.2 Å². The second kappa shape index (κ2) is 7.87. The van der Waals surface area contributed by atoms with Crippen molar-refractivity contribution in [2.24, 2.45) is 0 Å². The number of aromatic nitrogens is 1. The number of para-hydroxylation sites is 1. The molecule has 1 aromatic heterocycles. The molecule has 0 aliphatic carbocycles. The minimum atomic E-state index is -0.499. The zero-order chi connectivity index (χ0) is 16.8. The fourth-order valence-corrected chi connectivity index (χ4v) is 3.01. The third-order valence-corrected chi connectivity index (χ3v) is 4.68. The molecule has 2 rings (SSSR count). The van der Waals surface area contributed by atoms with Crippen LogP contribution in [0.15, 0.2) is 36.4 Å². The molecule has 0 saturated carbocycles. The number of esters is 1. The zero-order valence-electron chi connectivity index (χ0n) is 13.5. The molecular formula is C17H20N2O3S. The average Bonchev–Trinajstić information content (AvgIpc) is 3.00. The molecular weight excluding hydrogens is 312 g/mol. The van der Waals surface area contributed by atoms with E-state index >= 15 is 0 Å². The lowest BCUT2D eigenvalue weighted by Gasteiger charge is -2.22. The number of hydrogen-bond acceptors (Lipinski definition) is 5. The second-order valence-electron chi connectivity index (χ2n) is 5.12. The summed E-state index contributed by atoms with van der Waals surface area (Å²) in [5.74, 6) is -0.753. The molecule has 6 heteroatoms. The Bertz CT molecular complexity index is 690. The Morgan fingerprint density at radius 1 is 1.39 bits per heavy atom. The highest BCUT2D eigenvalue weighted by Gasteiger charge is 2.21. The van der Waals surface area contributed by atoms with Gasteiger partial charge in [-0.3, -0.25) is 4.79 Å². The molecule has 2 aromatic rings. The zero-order valence-corrected chi connectivity index (χ0v) is 14.3. The Morgan fingerprint density at radius 3 is 2.83 bits per heavy atom. The van der Waals surface area contributed by atoms with Crippen molar-refractivity contribution in [1.82, 2.24) is 9.88 Å². The number of likely N-dealkylation sites (N-methyl/N-ethyl adjacent to an activating group) is 1. The normalized spacial score (nSPS) is 12.5. The van der Waals surface area contributed by atoms with E-state index in [0.29, 0.717) is 0 Å². The summed E-state index contributed by atoms with van der Waals surface area (Å²) in [6.45, 7) is 3.56. The third kappa shape index (κ3) is 4.39. The number of amides is 1. The summed E-state index contributed by atoms with van der Waals surface area (Å²) >= 11 is 1.56. The van der Waals surface area contributed by atoms with Gasteiger partial charge in [-0.2, -0.15) is 0 Å². The molecule has 1 aromatic carbocycles. The fourth-order valence-electron chi connectivity index (χ4n) is 1.95. The van der Waals surface area contributed by atoms with Crippen molar-refractivity contribution >= 4 is 33.4 Å². The summed E-state index contributed by atoms with van der Waals surface area (Å²) in [5.41, 5.74) is 0.927. The molecule has 0 aliphatic rings. The molecule has 0 unspecified atom stereocenters. The first-order valence-corrected chi connectivity index (χ1v) is 8.29. The lowest BCUT2D eigenvalue weighted by Crippen LogP contribution is -2.33. The van der Waals surface area contributed by atoms with Gasteiger partial charge in [-0.1, -0.05) is 25.1 Å². The van der Waals surface area contributed by atoms with E-state index in [1.54, 1.807) is 29.4 Å². The molecule has 1 amide bonds. The van der Waals surface area contributed by atoms with Crippen LogP contribution in [-0.2, 0) is 14.3 Å². The summed E-state index contributed by atoms with van der Waals surface area (Å²) in [4.78, 5) is 29.7. The molecule has 5 nitrogen and oxygen atoms in total. The minimum absolute atomic E-state index is 0.176. The van der Waals surface area contributed by atoms with Crippen LogP contribution in [0.4, 0.5) is 0 Å². The number of ether oxygens (including phenoxy) is 1. The molecule has 0 fully saturated rings. The Morgan fingerprint density at radius 2 is 2.13 bits per heavy atom. The largest absolute Gasteiger partial charge is 0.452 e. The van der Waals surface area contributed by atoms with Gasteiger partial charge in [0.2, 0.25) is 0 Å². The number of hydrogen-bond donors (Lipinski definition) is 0. The maximum Gasteiger partial charge on any atom is 0.330 e. The number of fused-ring (bicyclic) bond motifs is 1. The van der Waals surface area contributed by atoms with Gasteiger partial charge in [0, 0.05) is 13.1 Å². The first kappa shape index (κ1) is 17.1. The van der Waals surface area contributed by atoms with Gasteiger partial charge in [-0.05, 0) is 25.5 Å². The number of thiazole rings is 1. The van der Waals surface area contributed by atoms with Crippen LogP contribution in [0.2, 0.25) is 0 Å². The maximum absolute atomic E-state index is 12.2. The van der Waals surface area contributed by atoms with Crippen molar-refractivity contribution in [2.75, 3.05) is 13.7 Å². The minimum Gasteiger partial charge on any atom is -0.452 e. The molecule has 0 bridgehead atoms. The van der Waals surface area contributed by atoms with Gasteiger partial charge in [0.05, 0.1) is 16.3 Å². The maximum atomic E-state index is 12.2. The topological polar surface area (TPSA) is 59.5 Å². The molecule has 122 valence electrons. The molecule has 0 N–H and O–H groups in total. The van der Waals surface area contributed by atoms with Gasteiger partial charge in [0.25, 0.3) is 5.91 Å². The van der Waals surface area contributed by atoms with E-state index in [4.69, 9.17) is 4.74 Å². The Kier molecular flexibility index (Phi) is 5.87. The number of rotatable bonds is 6. The SMILES string of the molecule is CC/C=C/C(=O)OCC(=O)N(C)[C@@H](C)c1nc2ccccc2s1. The Labute approximate surface area is 139 Å². The fraction of sp³-hybridized carbons (Fsp3) is 0.353. The van der Waals surface area contributed by atoms with Crippen molar-refractivity contribution in [2.45, 2.75) is 26.3 Å². The number of carbonyl (C=O) groups excluding carboxylic acids is 2. The van der Waals surface area contributed by atoms with Crippen molar-refractivity contribution in [1.29, 1.82) is 0 Å². The number of allylic oxidation sites excluding steroid dienone is 1. The first-order valence-electron chi connectivity index (χ1n) is 7.47. The van der Waals surface area contributed by atoms with Crippen LogP contribution in [-0.4, -0.2) is 35.4 Å². The van der Waals surface area contributed by atoms with Crippen molar-refractivity contribution in [3.63, 3.8) is 0 Å². The van der Waals surface area contributed by atoms with Crippen molar-refractivity contribution < 1.29 is 14.3 Å². The van der Waals surface area contributed by atoms with Gasteiger partial charge < -0.3 is 9.64 Å². The van der Waals surface area contributed by atoms with Crippen LogP contribution in [0.1, 0.15) is 31.3 Å². The highest BCUT2D eigenvalue weighted by Crippen LogP contribution is 2.28. The highest BCUT2D eigenvalue weighted by molar-refractivity contribution is 7.18. The van der Waals surface area contributed by atoms with E-state index in [1.807, 2.05) is 38.1 Å². The number of nitrogens with zero attached hydrogens (tertiary/aromatic N) is 2. The quantitative estimate of drug-likeness (QED) is 0.601. The molecule has 1 heterocycles. The van der Waals surface area contributed by atoms with Gasteiger partial charge in [0.15, 0.2) is 6.61 Å². The van der Waals surface area contributed by atoms with Gasteiger partial charge in [0.1, 0.15) is 5.01 Å². The van der Waals surface area contributed by atoms with Gasteiger partial charge in [-0.15, -0.1) is 11.3 Å². The lowest BCUT2D eigenvalue weighted by atomic mass is 10.3. The van der Waals surface area contributed by atoms with E-state index in [2.05, 4.69) is 4.98 Å². The summed E-state index contributed by atoms with van der Waals surface area (Å²) in [5, 5.41) is 0.860. The summed E-state index contributed by atoms with van der Waals surface area (Å²) in [7, 11) is 1.69. The van der Waals surface area contributed by atoms with Crippen LogP contribution in [0.3, 0.4) is 0 Å². The third-order valence-electron chi connectivity index (χ3n) is 3.47. The Balaban J connectivity index is 1.98. The van der Waals surface area contributed by atoms with Gasteiger partial charge in [-0.25, -0.2) is 9.78 Å². The second-order valence-corrected chi connectivity index (χ2v) is 6.18. The summed E-state index contributed by atoms with van der Waals surface area (Å²) in [6.07, 6.45) is 3.78. The number of benzene rings is 1. The van der Waals surface area contributed by atoms with Crippen LogP contribution >= 0.6 is 11.3 Å². The monoisotopic (exact) mass is 332 g/mol. The Hall–Kier alpha value is -2.21. The lowest BCUT2D eigenvalue weighted by molar-refractivity contribution is -0.148. The molecule has 0 saturated heterocycles. The van der Waals surface area contributed by atoms with Crippen LogP contribution in [0.5, 0.6) is 0 Å². The molecule has 0 spiro atoms. The van der Waals surface area contributed by atoms with Crippen molar-refractivity contribution in [3.05, 3.63) is 41.4 Å². The standard InChI is InChI=1S/C17H20N2O3S/c1-4-5-10-16(21)22-11-15(20)19(3)12(2)17-18-13-8-6-7-9-14(13)23-17/h5-10,12H,4,11H2,1-3H3/b10-5+/t12-/m0/s1. The average molecular weight is 332 g/mol. The van der Waals surface area contributed by atoms with Gasteiger partial charge >= 0.3 is 5.97 Å². The first-order chi connectivity index (χ1) is 11.0. The van der Waals surface area contributed by atoms with Crippen LogP contribution in [0, 0.1) is 0 Å². The van der Waals surface area contributed by atoms with E-state index in [-0.39, 0.29) is 18.6 Å². The molecule has 0 aliphatic heterocycles. The predicted molar refractivity (Wildman–Crippen MR) is 91.2 cm³/mol. The van der Waals surface area contributed by atoms with Crippen LogP contribution < -0.4 is 0 Å². The highest BCUT2D eigenvalue weighted by atomic mass is 32.1. The molecule has 0 radical (unpaired) electrons.